The van der Waals surface area contributed by atoms with Gasteiger partial charge in [-0.2, -0.15) is 0 Å². The van der Waals surface area contributed by atoms with Gasteiger partial charge >= 0.3 is 0 Å². The third-order valence-electron chi connectivity index (χ3n) is 6.43. The first-order valence-corrected chi connectivity index (χ1v) is 10.8. The van der Waals surface area contributed by atoms with Crippen molar-refractivity contribution >= 4 is 5.69 Å². The molecule has 4 nitrogen and oxygen atoms in total. The van der Waals surface area contributed by atoms with Crippen LogP contribution >= 0.6 is 0 Å². The highest BCUT2D eigenvalue weighted by molar-refractivity contribution is 5.46. The molecule has 2 aliphatic rings. The predicted molar refractivity (Wildman–Crippen MR) is 116 cm³/mol. The molecule has 2 fully saturated rings. The minimum absolute atomic E-state index is 0.274. The van der Waals surface area contributed by atoms with Gasteiger partial charge in [0.25, 0.3) is 0 Å². The maximum absolute atomic E-state index is 9.61. The van der Waals surface area contributed by atoms with Gasteiger partial charge in [-0.25, -0.2) is 0 Å². The third kappa shape index (κ3) is 4.75. The zero-order chi connectivity index (χ0) is 19.2. The molecule has 1 atom stereocenters. The van der Waals surface area contributed by atoms with Crippen LogP contribution in [0.25, 0.3) is 0 Å². The number of anilines is 1. The second-order valence-corrected chi connectivity index (χ2v) is 8.17. The highest BCUT2D eigenvalue weighted by atomic mass is 16.3. The molecule has 0 spiro atoms. The number of nitrogens with zero attached hydrogens (tertiary/aromatic N) is 3. The molecule has 4 heteroatoms. The van der Waals surface area contributed by atoms with E-state index in [1.54, 1.807) is 0 Å². The number of rotatable bonds is 6. The van der Waals surface area contributed by atoms with Crippen molar-refractivity contribution in [3.05, 3.63) is 66.2 Å². The van der Waals surface area contributed by atoms with Crippen LogP contribution in [0.15, 0.2) is 60.7 Å². The van der Waals surface area contributed by atoms with Gasteiger partial charge in [-0.1, -0.05) is 48.5 Å². The number of piperidine rings is 1. The summed E-state index contributed by atoms with van der Waals surface area (Å²) in [7, 11) is 0. The fourth-order valence-corrected chi connectivity index (χ4v) is 4.83. The largest absolute Gasteiger partial charge is 0.396 e. The normalized spacial score (nSPS) is 22.5. The number of hydrogen-bond acceptors (Lipinski definition) is 4. The van der Waals surface area contributed by atoms with Gasteiger partial charge in [-0.15, -0.1) is 0 Å². The van der Waals surface area contributed by atoms with Gasteiger partial charge in [0.2, 0.25) is 0 Å². The maximum atomic E-state index is 9.61. The molecule has 0 saturated carbocycles. The Balaban J connectivity index is 1.33. The maximum Gasteiger partial charge on any atom is 0.0446 e. The zero-order valence-corrected chi connectivity index (χ0v) is 16.8. The Labute approximate surface area is 169 Å². The highest BCUT2D eigenvalue weighted by Crippen LogP contribution is 2.25. The average molecular weight is 380 g/mol. The van der Waals surface area contributed by atoms with Gasteiger partial charge in [0.1, 0.15) is 0 Å². The van der Waals surface area contributed by atoms with Crippen molar-refractivity contribution in [3.63, 3.8) is 0 Å². The fraction of sp³-hybridized carbons (Fsp3) is 0.500. The molecule has 1 unspecified atom stereocenters. The van der Waals surface area contributed by atoms with E-state index in [2.05, 4.69) is 75.4 Å². The van der Waals surface area contributed by atoms with Crippen molar-refractivity contribution < 1.29 is 5.11 Å². The minimum atomic E-state index is 0.274. The molecular weight excluding hydrogens is 346 g/mol. The average Bonchev–Trinajstić information content (AvgIpc) is 2.77. The van der Waals surface area contributed by atoms with E-state index in [1.807, 2.05) is 0 Å². The Bertz CT molecular complexity index is 700. The van der Waals surface area contributed by atoms with Gasteiger partial charge in [-0.3, -0.25) is 9.80 Å². The van der Waals surface area contributed by atoms with E-state index in [0.29, 0.717) is 12.1 Å². The lowest BCUT2D eigenvalue weighted by Crippen LogP contribution is -2.57. The van der Waals surface area contributed by atoms with Crippen LogP contribution in [-0.2, 0) is 6.54 Å². The molecule has 150 valence electrons. The van der Waals surface area contributed by atoms with Crippen LogP contribution in [0.1, 0.15) is 24.8 Å². The highest BCUT2D eigenvalue weighted by Gasteiger charge is 2.32. The summed E-state index contributed by atoms with van der Waals surface area (Å²) in [4.78, 5) is 7.79. The summed E-state index contributed by atoms with van der Waals surface area (Å²) >= 11 is 0. The topological polar surface area (TPSA) is 30.0 Å². The molecule has 0 radical (unpaired) electrons. The van der Waals surface area contributed by atoms with Crippen LogP contribution in [0, 0.1) is 0 Å². The summed E-state index contributed by atoms with van der Waals surface area (Å²) in [5.41, 5.74) is 2.72. The molecule has 2 saturated heterocycles. The first-order valence-electron chi connectivity index (χ1n) is 10.8. The Kier molecular flexibility index (Phi) is 6.63. The Morgan fingerprint density at radius 3 is 2.18 bits per heavy atom. The molecular formula is C24H33N3O. The lowest BCUT2D eigenvalue weighted by molar-refractivity contribution is 0.0254. The smallest absolute Gasteiger partial charge is 0.0446 e. The van der Waals surface area contributed by atoms with Crippen molar-refractivity contribution in [3.8, 4) is 0 Å². The van der Waals surface area contributed by atoms with E-state index in [0.717, 1.165) is 45.7 Å². The lowest BCUT2D eigenvalue weighted by atomic mass is 9.99. The van der Waals surface area contributed by atoms with Crippen LogP contribution in [-0.4, -0.2) is 66.3 Å². The van der Waals surface area contributed by atoms with E-state index in [9.17, 15) is 5.11 Å². The van der Waals surface area contributed by atoms with Crippen LogP contribution in [0.3, 0.4) is 0 Å². The lowest BCUT2D eigenvalue weighted by Gasteiger charge is -2.47. The Hall–Kier alpha value is -1.88. The molecule has 0 amide bonds. The second kappa shape index (κ2) is 9.55. The van der Waals surface area contributed by atoms with E-state index in [-0.39, 0.29) is 6.61 Å². The van der Waals surface area contributed by atoms with E-state index >= 15 is 0 Å². The minimum Gasteiger partial charge on any atom is -0.396 e. The van der Waals surface area contributed by atoms with E-state index in [1.165, 1.54) is 24.1 Å². The molecule has 2 aromatic carbocycles. The zero-order valence-electron chi connectivity index (χ0n) is 16.8. The Morgan fingerprint density at radius 1 is 0.821 bits per heavy atom. The van der Waals surface area contributed by atoms with Crippen molar-refractivity contribution in [2.24, 2.45) is 0 Å². The van der Waals surface area contributed by atoms with Crippen molar-refractivity contribution in [1.29, 1.82) is 0 Å². The van der Waals surface area contributed by atoms with Crippen LogP contribution in [0.4, 0.5) is 5.69 Å². The molecule has 1 N–H and O–H groups in total. The molecule has 0 aliphatic carbocycles. The molecule has 4 rings (SSSR count). The van der Waals surface area contributed by atoms with Crippen LogP contribution in [0.2, 0.25) is 0 Å². The van der Waals surface area contributed by atoms with Gasteiger partial charge < -0.3 is 10.0 Å². The number of aliphatic hydroxyl groups excluding tert-OH is 1. The summed E-state index contributed by atoms with van der Waals surface area (Å²) < 4.78 is 0. The van der Waals surface area contributed by atoms with Crippen molar-refractivity contribution in [2.75, 3.05) is 44.2 Å². The number of hydrogen-bond donors (Lipinski definition) is 1. The molecule has 2 aliphatic heterocycles. The van der Waals surface area contributed by atoms with Gasteiger partial charge in [0, 0.05) is 63.6 Å². The summed E-state index contributed by atoms with van der Waals surface area (Å²) in [5.74, 6) is 0. The summed E-state index contributed by atoms with van der Waals surface area (Å²) in [6.45, 7) is 6.88. The second-order valence-electron chi connectivity index (χ2n) is 8.17. The standard InChI is InChI=1S/C24H33N3O/c28-18-13-24-20-27(17-16-26(24)19-21-7-3-1-4-8-21)23-11-14-25(15-12-23)22-9-5-2-6-10-22/h1-10,23-24,28H,11-20H2. The van der Waals surface area contributed by atoms with E-state index < -0.39 is 0 Å². The molecule has 2 aromatic rings. The fourth-order valence-electron chi connectivity index (χ4n) is 4.83. The summed E-state index contributed by atoms with van der Waals surface area (Å²) in [6, 6.07) is 22.7. The van der Waals surface area contributed by atoms with Gasteiger partial charge in [-0.05, 0) is 37.0 Å². The molecule has 0 aromatic heterocycles. The number of piperazine rings is 1. The van der Waals surface area contributed by atoms with Gasteiger partial charge in [0.05, 0.1) is 0 Å². The number of benzene rings is 2. The Morgan fingerprint density at radius 2 is 1.50 bits per heavy atom. The molecule has 28 heavy (non-hydrogen) atoms. The molecule has 2 heterocycles. The van der Waals surface area contributed by atoms with Gasteiger partial charge in [0.15, 0.2) is 0 Å². The number of aliphatic hydroxyl groups is 1. The SMILES string of the molecule is OCCC1CN(C2CCN(c3ccccc3)CC2)CCN1Cc1ccccc1. The van der Waals surface area contributed by atoms with Crippen LogP contribution in [0.5, 0.6) is 0 Å². The van der Waals surface area contributed by atoms with Crippen molar-refractivity contribution in [1.82, 2.24) is 9.80 Å². The quantitative estimate of drug-likeness (QED) is 0.835. The van der Waals surface area contributed by atoms with Crippen LogP contribution < -0.4 is 4.90 Å². The van der Waals surface area contributed by atoms with Crippen molar-refractivity contribution in [2.45, 2.75) is 37.9 Å². The number of para-hydroxylation sites is 1. The first kappa shape index (κ1) is 19.4. The predicted octanol–water partition coefficient (Wildman–Crippen LogP) is 3.22. The van der Waals surface area contributed by atoms with E-state index in [4.69, 9.17) is 0 Å². The first-order chi connectivity index (χ1) is 13.8. The third-order valence-corrected chi connectivity index (χ3v) is 6.43. The summed E-state index contributed by atoms with van der Waals surface area (Å²) in [6.07, 6.45) is 3.34. The monoisotopic (exact) mass is 379 g/mol. The summed E-state index contributed by atoms with van der Waals surface area (Å²) in [5, 5.41) is 9.61. The molecule has 0 bridgehead atoms.